The van der Waals surface area contributed by atoms with Gasteiger partial charge in [0.15, 0.2) is 0 Å². The Labute approximate surface area is 136 Å². The van der Waals surface area contributed by atoms with E-state index in [-0.39, 0.29) is 6.10 Å². The largest absolute Gasteiger partial charge is 0.393 e. The molecule has 3 saturated carbocycles. The fraction of sp³-hybridized carbons (Fsp3) is 0.905. The molecule has 7 atom stereocenters. The Hall–Kier alpha value is -0.300. The molecule has 3 fully saturated rings. The maximum absolute atomic E-state index is 10.1. The van der Waals surface area contributed by atoms with E-state index in [1.165, 1.54) is 44.9 Å². The second kappa shape index (κ2) is 5.10. The van der Waals surface area contributed by atoms with Crippen molar-refractivity contribution in [3.05, 3.63) is 11.6 Å². The van der Waals surface area contributed by atoms with E-state index in [1.807, 2.05) is 0 Å². The first-order chi connectivity index (χ1) is 10.5. The van der Waals surface area contributed by atoms with Crippen LogP contribution in [0, 0.1) is 34.5 Å². The molecule has 0 aliphatic heterocycles. The van der Waals surface area contributed by atoms with Crippen molar-refractivity contribution in [2.45, 2.75) is 84.7 Å². The van der Waals surface area contributed by atoms with Crippen LogP contribution >= 0.6 is 0 Å². The molecule has 0 unspecified atom stereocenters. The van der Waals surface area contributed by atoms with E-state index in [0.717, 1.165) is 36.5 Å². The van der Waals surface area contributed by atoms with Gasteiger partial charge in [-0.15, -0.1) is 0 Å². The van der Waals surface area contributed by atoms with Crippen molar-refractivity contribution in [1.29, 1.82) is 0 Å². The van der Waals surface area contributed by atoms with Crippen molar-refractivity contribution in [3.8, 4) is 0 Å². The zero-order chi connectivity index (χ0) is 15.5. The highest BCUT2D eigenvalue weighted by Crippen LogP contribution is 2.66. The quantitative estimate of drug-likeness (QED) is 0.648. The van der Waals surface area contributed by atoms with Crippen LogP contribution in [-0.2, 0) is 0 Å². The highest BCUT2D eigenvalue weighted by atomic mass is 16.3. The summed E-state index contributed by atoms with van der Waals surface area (Å²) in [5, 5.41) is 10.1. The summed E-state index contributed by atoms with van der Waals surface area (Å²) in [6, 6.07) is 0. The Morgan fingerprint density at radius 1 is 1.09 bits per heavy atom. The van der Waals surface area contributed by atoms with Gasteiger partial charge in [-0.3, -0.25) is 0 Å². The molecule has 0 spiro atoms. The van der Waals surface area contributed by atoms with Crippen LogP contribution < -0.4 is 0 Å². The third-order valence-corrected chi connectivity index (χ3v) is 8.76. The number of hydrogen-bond acceptors (Lipinski definition) is 1. The van der Waals surface area contributed by atoms with Gasteiger partial charge in [-0.2, -0.15) is 0 Å². The fourth-order valence-corrected chi connectivity index (χ4v) is 7.44. The standard InChI is InChI=1S/C21H34O/c1-4-14-6-8-18-17-7-5-15-13-16(22)9-11-21(15,3)19(17)10-12-20(14,18)2/h6,15-19,22H,4-5,7-13H2,1-3H3/t15-,16-,17-,18-,19-,20+,21-/m0/s1. The van der Waals surface area contributed by atoms with Gasteiger partial charge in [0.25, 0.3) is 0 Å². The summed E-state index contributed by atoms with van der Waals surface area (Å²) in [5.41, 5.74) is 2.81. The van der Waals surface area contributed by atoms with Gasteiger partial charge in [-0.25, -0.2) is 0 Å². The second-order valence-corrected chi connectivity index (χ2v) is 9.36. The van der Waals surface area contributed by atoms with Crippen molar-refractivity contribution in [2.75, 3.05) is 0 Å². The lowest BCUT2D eigenvalue weighted by Crippen LogP contribution is -2.53. The van der Waals surface area contributed by atoms with E-state index in [2.05, 4.69) is 26.8 Å². The molecule has 0 heterocycles. The Balaban J connectivity index is 1.61. The van der Waals surface area contributed by atoms with Crippen LogP contribution in [0.2, 0.25) is 0 Å². The Morgan fingerprint density at radius 2 is 1.91 bits per heavy atom. The first kappa shape index (κ1) is 15.2. The molecule has 1 heteroatoms. The van der Waals surface area contributed by atoms with Gasteiger partial charge in [0.1, 0.15) is 0 Å². The fourth-order valence-electron chi connectivity index (χ4n) is 7.44. The molecule has 0 radical (unpaired) electrons. The monoisotopic (exact) mass is 302 g/mol. The van der Waals surface area contributed by atoms with Crippen molar-refractivity contribution in [2.24, 2.45) is 34.5 Å². The summed E-state index contributed by atoms with van der Waals surface area (Å²) in [4.78, 5) is 0. The summed E-state index contributed by atoms with van der Waals surface area (Å²) in [5.74, 6) is 3.60. The molecule has 0 aromatic carbocycles. The summed E-state index contributed by atoms with van der Waals surface area (Å²) in [6.45, 7) is 7.52. The lowest BCUT2D eigenvalue weighted by Gasteiger charge is -2.60. The molecule has 0 bridgehead atoms. The number of hydrogen-bond donors (Lipinski definition) is 1. The third kappa shape index (κ3) is 1.93. The average Bonchev–Trinajstić information content (AvgIpc) is 2.84. The SMILES string of the molecule is CCC1=CC[C@H]2[C@@H]3CC[C@H]4C[C@@H](O)CC[C@]4(C)[C@H]3CC[C@]12C. The zero-order valence-electron chi connectivity index (χ0n) is 14.8. The summed E-state index contributed by atoms with van der Waals surface area (Å²) >= 11 is 0. The molecule has 0 aromatic heterocycles. The Kier molecular flexibility index (Phi) is 3.53. The van der Waals surface area contributed by atoms with Crippen molar-refractivity contribution < 1.29 is 5.11 Å². The molecule has 1 nitrogen and oxygen atoms in total. The van der Waals surface area contributed by atoms with Crippen LogP contribution in [0.15, 0.2) is 11.6 Å². The molecule has 0 aromatic rings. The van der Waals surface area contributed by atoms with Gasteiger partial charge >= 0.3 is 0 Å². The molecule has 4 rings (SSSR count). The van der Waals surface area contributed by atoms with E-state index in [1.54, 1.807) is 5.57 Å². The van der Waals surface area contributed by atoms with E-state index < -0.39 is 0 Å². The smallest absolute Gasteiger partial charge is 0.0543 e. The molecule has 124 valence electrons. The lowest BCUT2D eigenvalue weighted by molar-refractivity contribution is -0.118. The average molecular weight is 303 g/mol. The maximum Gasteiger partial charge on any atom is 0.0543 e. The van der Waals surface area contributed by atoms with Crippen LogP contribution in [-0.4, -0.2) is 11.2 Å². The van der Waals surface area contributed by atoms with Crippen molar-refractivity contribution in [3.63, 3.8) is 0 Å². The van der Waals surface area contributed by atoms with Gasteiger partial charge in [0.05, 0.1) is 6.10 Å². The maximum atomic E-state index is 10.1. The minimum atomic E-state index is -0.0108. The van der Waals surface area contributed by atoms with Gasteiger partial charge in [-0.05, 0) is 92.3 Å². The van der Waals surface area contributed by atoms with Crippen LogP contribution in [0.3, 0.4) is 0 Å². The number of rotatable bonds is 1. The number of fused-ring (bicyclic) bond motifs is 5. The molecular weight excluding hydrogens is 268 g/mol. The topological polar surface area (TPSA) is 20.2 Å². The first-order valence-electron chi connectivity index (χ1n) is 9.86. The lowest BCUT2D eigenvalue weighted by atomic mass is 9.44. The second-order valence-electron chi connectivity index (χ2n) is 9.36. The van der Waals surface area contributed by atoms with Gasteiger partial charge in [0, 0.05) is 0 Å². The number of allylic oxidation sites excluding steroid dienone is 2. The van der Waals surface area contributed by atoms with Crippen molar-refractivity contribution >= 4 is 0 Å². The van der Waals surface area contributed by atoms with Gasteiger partial charge in [-0.1, -0.05) is 32.4 Å². The minimum Gasteiger partial charge on any atom is -0.393 e. The predicted octanol–water partition coefficient (Wildman–Crippen LogP) is 5.34. The summed E-state index contributed by atoms with van der Waals surface area (Å²) in [7, 11) is 0. The van der Waals surface area contributed by atoms with E-state index in [0.29, 0.717) is 10.8 Å². The highest BCUT2D eigenvalue weighted by Gasteiger charge is 2.58. The summed E-state index contributed by atoms with van der Waals surface area (Å²) < 4.78 is 0. The first-order valence-corrected chi connectivity index (χ1v) is 9.86. The van der Waals surface area contributed by atoms with Crippen LogP contribution in [0.5, 0.6) is 0 Å². The number of aliphatic hydroxyl groups is 1. The summed E-state index contributed by atoms with van der Waals surface area (Å²) in [6.07, 6.45) is 14.3. The van der Waals surface area contributed by atoms with Gasteiger partial charge < -0.3 is 5.11 Å². The minimum absolute atomic E-state index is 0.0108. The van der Waals surface area contributed by atoms with Crippen molar-refractivity contribution in [1.82, 2.24) is 0 Å². The van der Waals surface area contributed by atoms with Crippen LogP contribution in [0.25, 0.3) is 0 Å². The number of aliphatic hydroxyl groups excluding tert-OH is 1. The van der Waals surface area contributed by atoms with Crippen LogP contribution in [0.4, 0.5) is 0 Å². The molecule has 22 heavy (non-hydrogen) atoms. The Bertz CT molecular complexity index is 480. The molecule has 0 saturated heterocycles. The Morgan fingerprint density at radius 3 is 2.68 bits per heavy atom. The zero-order valence-corrected chi connectivity index (χ0v) is 14.8. The molecule has 1 N–H and O–H groups in total. The van der Waals surface area contributed by atoms with Gasteiger partial charge in [0.2, 0.25) is 0 Å². The molecule has 4 aliphatic carbocycles. The highest BCUT2D eigenvalue weighted by molar-refractivity contribution is 5.25. The van der Waals surface area contributed by atoms with Crippen LogP contribution in [0.1, 0.15) is 78.6 Å². The molecule has 4 aliphatic rings. The molecular formula is C21H34O. The van der Waals surface area contributed by atoms with E-state index in [4.69, 9.17) is 0 Å². The normalized spacial score (nSPS) is 54.2. The predicted molar refractivity (Wildman–Crippen MR) is 91.5 cm³/mol. The third-order valence-electron chi connectivity index (χ3n) is 8.76. The van der Waals surface area contributed by atoms with E-state index >= 15 is 0 Å². The molecule has 0 amide bonds. The van der Waals surface area contributed by atoms with E-state index in [9.17, 15) is 5.11 Å².